The van der Waals surface area contributed by atoms with Crippen LogP contribution in [0, 0.1) is 12.8 Å². The highest BCUT2D eigenvalue weighted by Gasteiger charge is 2.08. The quantitative estimate of drug-likeness (QED) is 0.700. The molecule has 0 saturated heterocycles. The molecule has 0 aromatic carbocycles. The number of aromatic nitrogens is 1. The van der Waals surface area contributed by atoms with Crippen LogP contribution >= 0.6 is 0 Å². The van der Waals surface area contributed by atoms with Crippen molar-refractivity contribution >= 4 is 11.8 Å². The molecule has 3 N–H and O–H groups in total. The maximum absolute atomic E-state index is 10.8. The van der Waals surface area contributed by atoms with E-state index in [-0.39, 0.29) is 12.2 Å². The average Bonchev–Trinajstić information content (AvgIpc) is 2.26. The number of aryl methyl sites for hydroxylation is 1. The molecule has 1 rings (SSSR count). The van der Waals surface area contributed by atoms with Gasteiger partial charge in [0, 0.05) is 13.2 Å². The molecule has 0 amide bonds. The zero-order chi connectivity index (χ0) is 12.8. The number of pyridine rings is 1. The Morgan fingerprint density at radius 2 is 2.24 bits per heavy atom. The van der Waals surface area contributed by atoms with Gasteiger partial charge in [-0.05, 0) is 31.4 Å². The van der Waals surface area contributed by atoms with Gasteiger partial charge >= 0.3 is 5.97 Å². The van der Waals surface area contributed by atoms with E-state index in [2.05, 4.69) is 10.3 Å². The van der Waals surface area contributed by atoms with Gasteiger partial charge in [0.2, 0.25) is 0 Å². The lowest BCUT2D eigenvalue weighted by Crippen LogP contribution is -2.14. The fraction of sp³-hybridized carbons (Fsp3) is 0.500. The first-order chi connectivity index (χ1) is 8.04. The number of anilines is 1. The van der Waals surface area contributed by atoms with Crippen molar-refractivity contribution in [3.05, 3.63) is 23.4 Å². The Morgan fingerprint density at radius 1 is 1.53 bits per heavy atom. The van der Waals surface area contributed by atoms with Crippen LogP contribution in [0.3, 0.4) is 0 Å². The molecule has 0 aliphatic heterocycles. The van der Waals surface area contributed by atoms with Gasteiger partial charge in [-0.15, -0.1) is 0 Å². The highest BCUT2D eigenvalue weighted by molar-refractivity contribution is 5.89. The molecule has 0 spiro atoms. The van der Waals surface area contributed by atoms with Gasteiger partial charge in [-0.3, -0.25) is 0 Å². The van der Waals surface area contributed by atoms with E-state index in [0.717, 1.165) is 6.42 Å². The third-order valence-electron chi connectivity index (χ3n) is 2.57. The van der Waals surface area contributed by atoms with Gasteiger partial charge in [0.15, 0.2) is 0 Å². The van der Waals surface area contributed by atoms with E-state index < -0.39 is 5.97 Å². The third kappa shape index (κ3) is 4.03. The molecule has 0 aliphatic carbocycles. The molecule has 1 heterocycles. The Labute approximate surface area is 101 Å². The molecule has 1 atom stereocenters. The van der Waals surface area contributed by atoms with Crippen molar-refractivity contribution in [3.8, 4) is 0 Å². The number of aromatic carboxylic acids is 1. The fourth-order valence-corrected chi connectivity index (χ4v) is 1.49. The monoisotopic (exact) mass is 238 g/mol. The Kier molecular flexibility index (Phi) is 4.90. The summed E-state index contributed by atoms with van der Waals surface area (Å²) in [4.78, 5) is 15.0. The molecule has 1 aromatic heterocycles. The standard InChI is InChI=1S/C12H18N2O3/c1-8(5-6-15)7-13-11-4-3-10(12(16)17)9(2)14-11/h3-4,8,15H,5-7H2,1-2H3,(H,13,14)(H,16,17). The molecule has 1 aromatic rings. The van der Waals surface area contributed by atoms with Gasteiger partial charge in [0.1, 0.15) is 5.82 Å². The zero-order valence-corrected chi connectivity index (χ0v) is 10.1. The normalized spacial score (nSPS) is 12.2. The van der Waals surface area contributed by atoms with Gasteiger partial charge < -0.3 is 15.5 Å². The Morgan fingerprint density at radius 3 is 2.76 bits per heavy atom. The SMILES string of the molecule is Cc1nc(NCC(C)CCO)ccc1C(=O)O. The van der Waals surface area contributed by atoms with Crippen LogP contribution in [-0.2, 0) is 0 Å². The predicted octanol–water partition coefficient (Wildman–Crippen LogP) is 1.52. The molecule has 0 fully saturated rings. The van der Waals surface area contributed by atoms with E-state index in [9.17, 15) is 4.79 Å². The van der Waals surface area contributed by atoms with Gasteiger partial charge in [0.05, 0.1) is 11.3 Å². The second-order valence-electron chi connectivity index (χ2n) is 4.13. The summed E-state index contributed by atoms with van der Waals surface area (Å²) in [7, 11) is 0. The van der Waals surface area contributed by atoms with Crippen LogP contribution in [0.1, 0.15) is 29.4 Å². The summed E-state index contributed by atoms with van der Waals surface area (Å²) in [6, 6.07) is 3.20. The van der Waals surface area contributed by atoms with Crippen LogP contribution in [0.25, 0.3) is 0 Å². The van der Waals surface area contributed by atoms with Gasteiger partial charge in [0.25, 0.3) is 0 Å². The van der Waals surface area contributed by atoms with Gasteiger partial charge in [-0.25, -0.2) is 9.78 Å². The molecule has 0 bridgehead atoms. The third-order valence-corrected chi connectivity index (χ3v) is 2.57. The molecule has 0 aliphatic rings. The summed E-state index contributed by atoms with van der Waals surface area (Å²) < 4.78 is 0. The van der Waals surface area contributed by atoms with Crippen LogP contribution in [-0.4, -0.2) is 34.3 Å². The molecule has 0 saturated carbocycles. The van der Waals surface area contributed by atoms with E-state index in [1.165, 1.54) is 0 Å². The number of carbonyl (C=O) groups is 1. The maximum atomic E-state index is 10.8. The second kappa shape index (κ2) is 6.20. The van der Waals surface area contributed by atoms with E-state index in [0.29, 0.717) is 24.0 Å². The molecular weight excluding hydrogens is 220 g/mol. The first-order valence-electron chi connectivity index (χ1n) is 5.60. The van der Waals surface area contributed by atoms with Crippen molar-refractivity contribution in [2.45, 2.75) is 20.3 Å². The fourth-order valence-electron chi connectivity index (χ4n) is 1.49. The maximum Gasteiger partial charge on any atom is 0.337 e. The number of aliphatic hydroxyl groups excluding tert-OH is 1. The highest BCUT2D eigenvalue weighted by Crippen LogP contribution is 2.11. The summed E-state index contributed by atoms with van der Waals surface area (Å²) in [6.45, 7) is 4.58. The summed E-state index contributed by atoms with van der Waals surface area (Å²) in [5.41, 5.74) is 0.719. The molecule has 0 radical (unpaired) electrons. The molecule has 1 unspecified atom stereocenters. The van der Waals surface area contributed by atoms with E-state index in [4.69, 9.17) is 10.2 Å². The van der Waals surface area contributed by atoms with Crippen LogP contribution in [0.4, 0.5) is 5.82 Å². The molecule has 5 heteroatoms. The lowest BCUT2D eigenvalue weighted by atomic mass is 10.1. The molecule has 17 heavy (non-hydrogen) atoms. The van der Waals surface area contributed by atoms with Crippen LogP contribution in [0.15, 0.2) is 12.1 Å². The highest BCUT2D eigenvalue weighted by atomic mass is 16.4. The van der Waals surface area contributed by atoms with Crippen molar-refractivity contribution in [1.29, 1.82) is 0 Å². The molecular formula is C12H18N2O3. The second-order valence-corrected chi connectivity index (χ2v) is 4.13. The molecule has 5 nitrogen and oxygen atoms in total. The van der Waals surface area contributed by atoms with E-state index in [1.54, 1.807) is 19.1 Å². The summed E-state index contributed by atoms with van der Waals surface area (Å²) >= 11 is 0. The van der Waals surface area contributed by atoms with Crippen LogP contribution in [0.2, 0.25) is 0 Å². The van der Waals surface area contributed by atoms with E-state index in [1.807, 2.05) is 6.92 Å². The minimum absolute atomic E-state index is 0.174. The Hall–Kier alpha value is -1.62. The Balaban J connectivity index is 2.62. The van der Waals surface area contributed by atoms with E-state index >= 15 is 0 Å². The Bertz CT molecular complexity index is 393. The van der Waals surface area contributed by atoms with Crippen molar-refractivity contribution in [2.24, 2.45) is 5.92 Å². The van der Waals surface area contributed by atoms with Crippen LogP contribution < -0.4 is 5.32 Å². The zero-order valence-electron chi connectivity index (χ0n) is 10.1. The number of rotatable bonds is 6. The van der Waals surface area contributed by atoms with Crippen molar-refractivity contribution in [1.82, 2.24) is 4.98 Å². The predicted molar refractivity (Wildman–Crippen MR) is 65.3 cm³/mol. The van der Waals surface area contributed by atoms with Gasteiger partial charge in [-0.2, -0.15) is 0 Å². The number of hydrogen-bond donors (Lipinski definition) is 3. The minimum Gasteiger partial charge on any atom is -0.478 e. The smallest absolute Gasteiger partial charge is 0.337 e. The first-order valence-corrected chi connectivity index (χ1v) is 5.60. The topological polar surface area (TPSA) is 82.5 Å². The number of hydrogen-bond acceptors (Lipinski definition) is 4. The summed E-state index contributed by atoms with van der Waals surface area (Å²) in [5, 5.41) is 20.7. The first kappa shape index (κ1) is 13.4. The number of aliphatic hydroxyl groups is 1. The van der Waals surface area contributed by atoms with Crippen molar-refractivity contribution in [3.63, 3.8) is 0 Å². The molecule has 94 valence electrons. The largest absolute Gasteiger partial charge is 0.478 e. The summed E-state index contributed by atoms with van der Waals surface area (Å²) in [5.74, 6) is 0.0498. The number of nitrogens with zero attached hydrogens (tertiary/aromatic N) is 1. The number of nitrogens with one attached hydrogen (secondary N) is 1. The number of carboxylic acids is 1. The van der Waals surface area contributed by atoms with Crippen molar-refractivity contribution < 1.29 is 15.0 Å². The minimum atomic E-state index is -0.963. The summed E-state index contributed by atoms with van der Waals surface area (Å²) in [6.07, 6.45) is 0.735. The van der Waals surface area contributed by atoms with Crippen LogP contribution in [0.5, 0.6) is 0 Å². The van der Waals surface area contributed by atoms with Crippen molar-refractivity contribution in [2.75, 3.05) is 18.5 Å². The average molecular weight is 238 g/mol. The van der Waals surface area contributed by atoms with Gasteiger partial charge in [-0.1, -0.05) is 6.92 Å². The lowest BCUT2D eigenvalue weighted by molar-refractivity contribution is 0.0695. The number of carboxylic acid groups (broad SMARTS) is 1. The lowest BCUT2D eigenvalue weighted by Gasteiger charge is -2.12.